The van der Waals surface area contributed by atoms with E-state index in [4.69, 9.17) is 4.84 Å². The largest absolute Gasteiger partial charge is 0.392 e. The van der Waals surface area contributed by atoms with Gasteiger partial charge in [-0.05, 0) is 30.0 Å². The summed E-state index contributed by atoms with van der Waals surface area (Å²) >= 11 is 0. The summed E-state index contributed by atoms with van der Waals surface area (Å²) in [4.78, 5) is 5.51. The van der Waals surface area contributed by atoms with Crippen molar-refractivity contribution >= 4 is 11.8 Å². The molecule has 0 saturated heterocycles. The Hall–Kier alpha value is -2.35. The van der Waals surface area contributed by atoms with Gasteiger partial charge >= 0.3 is 0 Å². The number of aryl methyl sites for hydroxylation is 1. The molecule has 0 saturated carbocycles. The molecule has 1 unspecified atom stereocenters. The maximum absolute atomic E-state index is 5.51. The van der Waals surface area contributed by atoms with Gasteiger partial charge in [-0.1, -0.05) is 71.9 Å². The second-order valence-electron chi connectivity index (χ2n) is 5.28. The SMILES string of the molecule is C(=C\c1ccccc1)/C1=NOC(CCc2ccccc2)C1. The van der Waals surface area contributed by atoms with E-state index in [9.17, 15) is 0 Å². The standard InChI is InChI=1S/C19H19NO/c1-3-7-16(8-4-1)11-13-18-15-19(21-20-18)14-12-17-9-5-2-6-10-17/h1-11,13,19H,12,14-15H2/b13-11+. The highest BCUT2D eigenvalue weighted by Gasteiger charge is 2.18. The van der Waals surface area contributed by atoms with Crippen molar-refractivity contribution < 1.29 is 4.84 Å². The van der Waals surface area contributed by atoms with Gasteiger partial charge in [0, 0.05) is 6.42 Å². The second-order valence-corrected chi connectivity index (χ2v) is 5.28. The summed E-state index contributed by atoms with van der Waals surface area (Å²) in [7, 11) is 0. The van der Waals surface area contributed by atoms with E-state index in [2.05, 4.69) is 53.7 Å². The van der Waals surface area contributed by atoms with E-state index < -0.39 is 0 Å². The molecular formula is C19H19NO. The molecule has 0 aliphatic carbocycles. The lowest BCUT2D eigenvalue weighted by Crippen LogP contribution is -2.08. The Morgan fingerprint density at radius 3 is 2.43 bits per heavy atom. The molecule has 2 heteroatoms. The summed E-state index contributed by atoms with van der Waals surface area (Å²) in [5.41, 5.74) is 3.57. The van der Waals surface area contributed by atoms with Crippen molar-refractivity contribution in [2.45, 2.75) is 25.4 Å². The quantitative estimate of drug-likeness (QED) is 0.789. The molecule has 0 fully saturated rings. The van der Waals surface area contributed by atoms with Gasteiger partial charge in [0.1, 0.15) is 6.10 Å². The van der Waals surface area contributed by atoms with Gasteiger partial charge in [-0.3, -0.25) is 0 Å². The molecule has 1 heterocycles. The van der Waals surface area contributed by atoms with Crippen molar-refractivity contribution in [3.8, 4) is 0 Å². The van der Waals surface area contributed by atoms with Crippen molar-refractivity contribution in [2.24, 2.45) is 5.16 Å². The van der Waals surface area contributed by atoms with Crippen LogP contribution < -0.4 is 0 Å². The van der Waals surface area contributed by atoms with Crippen LogP contribution in [0.3, 0.4) is 0 Å². The summed E-state index contributed by atoms with van der Waals surface area (Å²) in [5, 5.41) is 4.17. The average Bonchev–Trinajstić information content (AvgIpc) is 3.01. The smallest absolute Gasteiger partial charge is 0.133 e. The minimum absolute atomic E-state index is 0.209. The maximum Gasteiger partial charge on any atom is 0.133 e. The molecule has 1 aliphatic rings. The fourth-order valence-corrected chi connectivity index (χ4v) is 2.43. The number of benzene rings is 2. The van der Waals surface area contributed by atoms with E-state index in [1.54, 1.807) is 0 Å². The van der Waals surface area contributed by atoms with E-state index in [1.807, 2.05) is 24.3 Å². The van der Waals surface area contributed by atoms with Crippen molar-refractivity contribution in [1.82, 2.24) is 0 Å². The van der Waals surface area contributed by atoms with Crippen molar-refractivity contribution in [1.29, 1.82) is 0 Å². The maximum atomic E-state index is 5.51. The van der Waals surface area contributed by atoms with Crippen LogP contribution in [-0.4, -0.2) is 11.8 Å². The lowest BCUT2D eigenvalue weighted by Gasteiger charge is -2.07. The molecular weight excluding hydrogens is 258 g/mol. The zero-order chi connectivity index (χ0) is 14.3. The number of rotatable bonds is 5. The highest BCUT2D eigenvalue weighted by Crippen LogP contribution is 2.18. The third-order valence-corrected chi connectivity index (χ3v) is 3.62. The van der Waals surface area contributed by atoms with Crippen molar-refractivity contribution in [2.75, 3.05) is 0 Å². The zero-order valence-corrected chi connectivity index (χ0v) is 12.0. The fraction of sp³-hybridized carbons (Fsp3) is 0.211. The van der Waals surface area contributed by atoms with Gasteiger partial charge in [-0.25, -0.2) is 0 Å². The highest BCUT2D eigenvalue weighted by molar-refractivity contribution is 5.98. The van der Waals surface area contributed by atoms with E-state index in [-0.39, 0.29) is 6.10 Å². The fourth-order valence-electron chi connectivity index (χ4n) is 2.43. The number of oxime groups is 1. The van der Waals surface area contributed by atoms with E-state index in [0.29, 0.717) is 0 Å². The molecule has 0 radical (unpaired) electrons. The average molecular weight is 277 g/mol. The van der Waals surface area contributed by atoms with Crippen LogP contribution in [0.5, 0.6) is 0 Å². The Labute approximate surface area is 125 Å². The van der Waals surface area contributed by atoms with E-state index in [1.165, 1.54) is 11.1 Å². The minimum Gasteiger partial charge on any atom is -0.392 e. The Balaban J connectivity index is 1.48. The topological polar surface area (TPSA) is 21.6 Å². The lowest BCUT2D eigenvalue weighted by molar-refractivity contribution is 0.0794. The molecule has 2 nitrogen and oxygen atoms in total. The molecule has 0 N–H and O–H groups in total. The van der Waals surface area contributed by atoms with E-state index >= 15 is 0 Å². The molecule has 2 aromatic carbocycles. The first-order valence-corrected chi connectivity index (χ1v) is 7.40. The summed E-state index contributed by atoms with van der Waals surface area (Å²) in [5.74, 6) is 0. The number of nitrogens with zero attached hydrogens (tertiary/aromatic N) is 1. The monoisotopic (exact) mass is 277 g/mol. The van der Waals surface area contributed by atoms with Gasteiger partial charge in [-0.15, -0.1) is 0 Å². The van der Waals surface area contributed by atoms with Crippen LogP contribution in [0.1, 0.15) is 24.0 Å². The van der Waals surface area contributed by atoms with Crippen LogP contribution in [0.25, 0.3) is 6.08 Å². The van der Waals surface area contributed by atoms with Gasteiger partial charge in [0.05, 0.1) is 5.71 Å². The van der Waals surface area contributed by atoms with Crippen molar-refractivity contribution in [3.63, 3.8) is 0 Å². The van der Waals surface area contributed by atoms with Gasteiger partial charge in [0.15, 0.2) is 0 Å². The molecule has 1 atom stereocenters. The summed E-state index contributed by atoms with van der Waals surface area (Å²) < 4.78 is 0. The third kappa shape index (κ3) is 4.06. The Bertz CT molecular complexity index is 617. The second kappa shape index (κ2) is 6.89. The van der Waals surface area contributed by atoms with Crippen LogP contribution in [0, 0.1) is 0 Å². The van der Waals surface area contributed by atoms with Gasteiger partial charge < -0.3 is 4.84 Å². The predicted octanol–water partition coefficient (Wildman–Crippen LogP) is 4.48. The molecule has 0 aromatic heterocycles. The van der Waals surface area contributed by atoms with Gasteiger partial charge in [0.25, 0.3) is 0 Å². The van der Waals surface area contributed by atoms with Gasteiger partial charge in [-0.2, -0.15) is 0 Å². The highest BCUT2D eigenvalue weighted by atomic mass is 16.6. The molecule has 0 bridgehead atoms. The summed E-state index contributed by atoms with van der Waals surface area (Å²) in [6, 6.07) is 20.8. The molecule has 3 rings (SSSR count). The minimum atomic E-state index is 0.209. The molecule has 1 aliphatic heterocycles. The van der Waals surface area contributed by atoms with Crippen LogP contribution in [0.15, 0.2) is 71.9 Å². The number of allylic oxidation sites excluding steroid dienone is 1. The zero-order valence-electron chi connectivity index (χ0n) is 12.0. The normalized spacial score (nSPS) is 17.7. The van der Waals surface area contributed by atoms with Crippen LogP contribution >= 0.6 is 0 Å². The first-order chi connectivity index (χ1) is 10.4. The third-order valence-electron chi connectivity index (χ3n) is 3.62. The first-order valence-electron chi connectivity index (χ1n) is 7.40. The van der Waals surface area contributed by atoms with E-state index in [0.717, 1.165) is 25.0 Å². The Morgan fingerprint density at radius 2 is 1.67 bits per heavy atom. The predicted molar refractivity (Wildman–Crippen MR) is 87.2 cm³/mol. The Morgan fingerprint density at radius 1 is 0.952 bits per heavy atom. The van der Waals surface area contributed by atoms with Crippen LogP contribution in [-0.2, 0) is 11.3 Å². The molecule has 21 heavy (non-hydrogen) atoms. The van der Waals surface area contributed by atoms with Crippen molar-refractivity contribution in [3.05, 3.63) is 77.9 Å². The molecule has 2 aromatic rings. The number of hydrogen-bond donors (Lipinski definition) is 0. The first kappa shape index (κ1) is 13.6. The Kier molecular flexibility index (Phi) is 4.47. The number of hydrogen-bond acceptors (Lipinski definition) is 2. The molecule has 0 amide bonds. The summed E-state index contributed by atoms with van der Waals surface area (Å²) in [6.45, 7) is 0. The molecule has 0 spiro atoms. The molecule has 106 valence electrons. The van der Waals surface area contributed by atoms with Gasteiger partial charge in [0.2, 0.25) is 0 Å². The van der Waals surface area contributed by atoms with Crippen LogP contribution in [0.4, 0.5) is 0 Å². The summed E-state index contributed by atoms with van der Waals surface area (Å²) in [6.07, 6.45) is 7.29. The lowest BCUT2D eigenvalue weighted by atomic mass is 10.0. The van der Waals surface area contributed by atoms with Crippen LogP contribution in [0.2, 0.25) is 0 Å².